The van der Waals surface area contributed by atoms with Crippen LogP contribution in [0.25, 0.3) is 22.6 Å². The molecule has 0 bridgehead atoms. The number of aromatic nitrogens is 4. The molecule has 0 aliphatic carbocycles. The molecular formula is C25H18N4O4. The van der Waals surface area contributed by atoms with Gasteiger partial charge in [0.15, 0.2) is 17.3 Å². The Balaban J connectivity index is 1.54. The zero-order chi connectivity index (χ0) is 22.6. The number of aromatic amines is 1. The van der Waals surface area contributed by atoms with E-state index in [1.165, 1.54) is 7.11 Å². The van der Waals surface area contributed by atoms with Crippen LogP contribution in [0.1, 0.15) is 10.4 Å². The zero-order valence-corrected chi connectivity index (χ0v) is 17.6. The van der Waals surface area contributed by atoms with Gasteiger partial charge >= 0.3 is 5.97 Å². The molecule has 0 unspecified atom stereocenters. The predicted octanol–water partition coefficient (Wildman–Crippen LogP) is 5.39. The van der Waals surface area contributed by atoms with Gasteiger partial charge in [0.05, 0.1) is 29.9 Å². The van der Waals surface area contributed by atoms with Gasteiger partial charge in [0.1, 0.15) is 17.2 Å². The van der Waals surface area contributed by atoms with E-state index < -0.39 is 5.97 Å². The van der Waals surface area contributed by atoms with Gasteiger partial charge in [-0.05, 0) is 48.5 Å². The first-order chi connectivity index (χ1) is 16.2. The molecule has 33 heavy (non-hydrogen) atoms. The van der Waals surface area contributed by atoms with Crippen molar-refractivity contribution in [1.29, 1.82) is 0 Å². The number of methoxy groups -OCH3 is 1. The number of imidazole rings is 1. The van der Waals surface area contributed by atoms with Crippen LogP contribution in [0.3, 0.4) is 0 Å². The van der Waals surface area contributed by atoms with Crippen LogP contribution in [0, 0.1) is 0 Å². The molecule has 0 amide bonds. The Labute approximate surface area is 188 Å². The van der Waals surface area contributed by atoms with Crippen molar-refractivity contribution < 1.29 is 19.0 Å². The smallest absolute Gasteiger partial charge is 0.337 e. The average Bonchev–Trinajstić information content (AvgIpc) is 3.28. The van der Waals surface area contributed by atoms with Crippen molar-refractivity contribution in [2.75, 3.05) is 7.11 Å². The topological polar surface area (TPSA) is 99.2 Å². The highest BCUT2D eigenvalue weighted by Crippen LogP contribution is 2.38. The summed E-state index contributed by atoms with van der Waals surface area (Å²) in [4.78, 5) is 28.1. The Kier molecular flexibility index (Phi) is 5.38. The first-order valence-corrected chi connectivity index (χ1v) is 10.1. The molecular weight excluding hydrogens is 420 g/mol. The van der Waals surface area contributed by atoms with E-state index in [0.717, 1.165) is 11.2 Å². The second-order valence-electron chi connectivity index (χ2n) is 7.03. The molecule has 3 heterocycles. The summed E-state index contributed by atoms with van der Waals surface area (Å²) in [6.45, 7) is 0. The fraction of sp³-hybridized carbons (Fsp3) is 0.0400. The predicted molar refractivity (Wildman–Crippen MR) is 121 cm³/mol. The molecule has 162 valence electrons. The van der Waals surface area contributed by atoms with Crippen LogP contribution < -0.4 is 9.47 Å². The lowest BCUT2D eigenvalue weighted by Gasteiger charge is -2.12. The van der Waals surface area contributed by atoms with Crippen molar-refractivity contribution in [2.45, 2.75) is 0 Å². The second kappa shape index (κ2) is 8.80. The molecule has 5 rings (SSSR count). The lowest BCUT2D eigenvalue weighted by molar-refractivity contribution is 0.0600. The zero-order valence-electron chi connectivity index (χ0n) is 17.6. The molecule has 0 aliphatic rings. The molecule has 0 saturated carbocycles. The lowest BCUT2D eigenvalue weighted by Crippen LogP contribution is -2.00. The number of fused-ring (bicyclic) bond motifs is 1. The Hall–Kier alpha value is -4.72. The Bertz CT molecular complexity index is 1400. The van der Waals surface area contributed by atoms with E-state index in [2.05, 4.69) is 19.9 Å². The number of ether oxygens (including phenoxy) is 3. The summed E-state index contributed by atoms with van der Waals surface area (Å²) in [7, 11) is 1.34. The summed E-state index contributed by atoms with van der Waals surface area (Å²) in [5, 5.41) is 0. The largest absolute Gasteiger partial charge is 0.465 e. The van der Waals surface area contributed by atoms with Gasteiger partial charge in [-0.2, -0.15) is 0 Å². The maximum atomic E-state index is 11.7. The number of carbonyl (C=O) groups excluding carboxylic acids is 1. The van der Waals surface area contributed by atoms with Gasteiger partial charge in [0.25, 0.3) is 0 Å². The van der Waals surface area contributed by atoms with E-state index in [4.69, 9.17) is 14.2 Å². The van der Waals surface area contributed by atoms with E-state index in [0.29, 0.717) is 39.9 Å². The molecule has 0 saturated heterocycles. The number of carbonyl (C=O) groups is 1. The first kappa shape index (κ1) is 20.2. The van der Waals surface area contributed by atoms with Gasteiger partial charge in [-0.25, -0.2) is 9.78 Å². The van der Waals surface area contributed by atoms with Crippen LogP contribution >= 0.6 is 0 Å². The van der Waals surface area contributed by atoms with Gasteiger partial charge in [-0.3, -0.25) is 9.97 Å². The van der Waals surface area contributed by atoms with Gasteiger partial charge < -0.3 is 19.2 Å². The summed E-state index contributed by atoms with van der Waals surface area (Å²) in [5.74, 6) is 2.24. The first-order valence-electron chi connectivity index (χ1n) is 10.1. The van der Waals surface area contributed by atoms with Crippen molar-refractivity contribution in [3.8, 4) is 34.5 Å². The highest BCUT2D eigenvalue weighted by atomic mass is 16.5. The van der Waals surface area contributed by atoms with Crippen LogP contribution in [-0.2, 0) is 4.74 Å². The molecule has 0 fully saturated rings. The normalized spacial score (nSPS) is 10.7. The maximum absolute atomic E-state index is 11.7. The van der Waals surface area contributed by atoms with E-state index in [9.17, 15) is 4.79 Å². The summed E-state index contributed by atoms with van der Waals surface area (Å²) in [6, 6.07) is 19.5. The summed E-state index contributed by atoms with van der Waals surface area (Å²) in [6.07, 6.45) is 5.00. The third kappa shape index (κ3) is 4.35. The van der Waals surface area contributed by atoms with Crippen LogP contribution in [0.4, 0.5) is 0 Å². The SMILES string of the molecule is COC(=O)c1ccc(Oc2cc3nc(-c4ccccn4)[nH]c3cc2Oc2cccnc2)cc1. The van der Waals surface area contributed by atoms with E-state index >= 15 is 0 Å². The number of hydrogen-bond acceptors (Lipinski definition) is 7. The molecule has 0 spiro atoms. The van der Waals surface area contributed by atoms with E-state index in [1.54, 1.807) is 61.1 Å². The number of rotatable bonds is 6. The van der Waals surface area contributed by atoms with E-state index in [1.807, 2.05) is 24.3 Å². The van der Waals surface area contributed by atoms with Crippen molar-refractivity contribution in [1.82, 2.24) is 19.9 Å². The number of hydrogen-bond donors (Lipinski definition) is 1. The number of H-pyrrole nitrogens is 1. The minimum atomic E-state index is -0.415. The van der Waals surface area contributed by atoms with Crippen LogP contribution in [0.15, 0.2) is 85.3 Å². The Morgan fingerprint density at radius 3 is 2.42 bits per heavy atom. The minimum absolute atomic E-state index is 0.415. The standard InChI is InChI=1S/C25H18N4O4/c1-31-25(30)16-7-9-17(10-8-16)32-22-13-20-21(14-23(22)33-18-5-4-11-26-15-18)29-24(28-20)19-6-2-3-12-27-19/h2-15H,1H3,(H,28,29). The Morgan fingerprint density at radius 1 is 0.879 bits per heavy atom. The van der Waals surface area contributed by atoms with Gasteiger partial charge in [-0.1, -0.05) is 6.07 Å². The van der Waals surface area contributed by atoms with Crippen molar-refractivity contribution in [2.24, 2.45) is 0 Å². The molecule has 0 aliphatic heterocycles. The van der Waals surface area contributed by atoms with Gasteiger partial charge in [0.2, 0.25) is 0 Å². The van der Waals surface area contributed by atoms with Crippen LogP contribution in [0.2, 0.25) is 0 Å². The highest BCUT2D eigenvalue weighted by Gasteiger charge is 2.15. The molecule has 2 aromatic carbocycles. The average molecular weight is 438 g/mol. The molecule has 8 heteroatoms. The van der Waals surface area contributed by atoms with Crippen LogP contribution in [-0.4, -0.2) is 33.0 Å². The fourth-order valence-electron chi connectivity index (χ4n) is 3.24. The quantitative estimate of drug-likeness (QED) is 0.355. The molecule has 8 nitrogen and oxygen atoms in total. The number of nitrogens with zero attached hydrogens (tertiary/aromatic N) is 3. The van der Waals surface area contributed by atoms with Gasteiger partial charge in [-0.15, -0.1) is 0 Å². The van der Waals surface area contributed by atoms with Crippen molar-refractivity contribution in [3.05, 3.63) is 90.9 Å². The highest BCUT2D eigenvalue weighted by molar-refractivity contribution is 5.89. The summed E-state index contributed by atoms with van der Waals surface area (Å²) >= 11 is 0. The Morgan fingerprint density at radius 2 is 1.70 bits per heavy atom. The minimum Gasteiger partial charge on any atom is -0.465 e. The molecule has 0 radical (unpaired) electrons. The third-order valence-electron chi connectivity index (χ3n) is 4.82. The molecule has 1 N–H and O–H groups in total. The third-order valence-corrected chi connectivity index (χ3v) is 4.82. The fourth-order valence-corrected chi connectivity index (χ4v) is 3.24. The van der Waals surface area contributed by atoms with Gasteiger partial charge in [0, 0.05) is 24.5 Å². The van der Waals surface area contributed by atoms with Crippen LogP contribution in [0.5, 0.6) is 23.0 Å². The van der Waals surface area contributed by atoms with Crippen molar-refractivity contribution >= 4 is 17.0 Å². The molecule has 3 aromatic heterocycles. The summed E-state index contributed by atoms with van der Waals surface area (Å²) < 4.78 is 16.9. The molecule has 5 aromatic rings. The number of esters is 1. The molecule has 0 atom stereocenters. The number of pyridine rings is 2. The number of benzene rings is 2. The van der Waals surface area contributed by atoms with E-state index in [-0.39, 0.29) is 0 Å². The van der Waals surface area contributed by atoms with Crippen molar-refractivity contribution in [3.63, 3.8) is 0 Å². The maximum Gasteiger partial charge on any atom is 0.337 e. The summed E-state index contributed by atoms with van der Waals surface area (Å²) in [5.41, 5.74) is 2.61. The monoisotopic (exact) mass is 438 g/mol. The second-order valence-corrected chi connectivity index (χ2v) is 7.03. The lowest BCUT2D eigenvalue weighted by atomic mass is 10.2. The number of nitrogens with one attached hydrogen (secondary N) is 1.